The van der Waals surface area contributed by atoms with E-state index in [4.69, 9.17) is 16.3 Å². The van der Waals surface area contributed by atoms with Gasteiger partial charge in [-0.25, -0.2) is 22.8 Å². The lowest BCUT2D eigenvalue weighted by Crippen LogP contribution is -2.13. The molecule has 2 aromatic rings. The van der Waals surface area contributed by atoms with Crippen LogP contribution in [0.15, 0.2) is 35.5 Å². The number of halogens is 2. The fourth-order valence-corrected chi connectivity index (χ4v) is 2.53. The van der Waals surface area contributed by atoms with E-state index in [-0.39, 0.29) is 21.6 Å². The van der Waals surface area contributed by atoms with E-state index in [1.54, 1.807) is 6.92 Å². The van der Waals surface area contributed by atoms with Crippen LogP contribution in [0.1, 0.15) is 6.92 Å². The number of nitrogens with one attached hydrogen (secondary N) is 1. The molecule has 9 heteroatoms. The molecule has 0 fully saturated rings. The molecule has 1 aromatic heterocycles. The van der Waals surface area contributed by atoms with Crippen molar-refractivity contribution in [2.45, 2.75) is 11.8 Å². The fourth-order valence-electron chi connectivity index (χ4n) is 1.49. The largest absolute Gasteiger partial charge is 0.491 e. The monoisotopic (exact) mass is 331 g/mol. The predicted octanol–water partition coefficient (Wildman–Crippen LogP) is 2.47. The average molecular weight is 332 g/mol. The molecule has 0 aliphatic carbocycles. The Morgan fingerprint density at radius 1 is 1.33 bits per heavy atom. The summed E-state index contributed by atoms with van der Waals surface area (Å²) in [5.74, 6) is -0.611. The van der Waals surface area contributed by atoms with Crippen molar-refractivity contribution in [1.82, 2.24) is 9.97 Å². The average Bonchev–Trinajstić information content (AvgIpc) is 2.42. The summed E-state index contributed by atoms with van der Waals surface area (Å²) in [5, 5.41) is -0.0685. The van der Waals surface area contributed by atoms with Gasteiger partial charge >= 0.3 is 0 Å². The standard InChI is InChI=1S/C12H11ClFN3O3S/c1-2-20-11-4-3-8(5-10(11)14)17-21(18,19)9-6-15-12(13)16-7-9/h3-7,17H,2H2,1H3. The zero-order chi connectivity index (χ0) is 15.5. The van der Waals surface area contributed by atoms with Crippen LogP contribution in [-0.2, 0) is 10.0 Å². The lowest BCUT2D eigenvalue weighted by molar-refractivity contribution is 0.321. The van der Waals surface area contributed by atoms with E-state index in [1.165, 1.54) is 12.1 Å². The van der Waals surface area contributed by atoms with Crippen LogP contribution in [-0.4, -0.2) is 25.0 Å². The van der Waals surface area contributed by atoms with Crippen LogP contribution >= 0.6 is 11.6 Å². The smallest absolute Gasteiger partial charge is 0.264 e. The van der Waals surface area contributed by atoms with Gasteiger partial charge in [0.05, 0.1) is 24.7 Å². The van der Waals surface area contributed by atoms with Crippen LogP contribution in [0.2, 0.25) is 5.28 Å². The lowest BCUT2D eigenvalue weighted by Gasteiger charge is -2.09. The maximum Gasteiger partial charge on any atom is 0.264 e. The molecule has 0 aliphatic heterocycles. The first kappa shape index (κ1) is 15.5. The molecule has 0 aliphatic rings. The van der Waals surface area contributed by atoms with Gasteiger partial charge in [0.1, 0.15) is 4.90 Å². The zero-order valence-corrected chi connectivity index (χ0v) is 12.4. The SMILES string of the molecule is CCOc1ccc(NS(=O)(=O)c2cnc(Cl)nc2)cc1F. The van der Waals surface area contributed by atoms with Gasteiger partial charge in [-0.15, -0.1) is 0 Å². The third-order valence-electron chi connectivity index (χ3n) is 2.39. The molecular formula is C12H11ClFN3O3S. The Kier molecular flexibility index (Phi) is 4.59. The molecule has 0 bridgehead atoms. The molecule has 0 amide bonds. The van der Waals surface area contributed by atoms with Crippen LogP contribution in [0.25, 0.3) is 0 Å². The molecule has 1 heterocycles. The molecule has 0 radical (unpaired) electrons. The van der Waals surface area contributed by atoms with E-state index in [0.717, 1.165) is 18.5 Å². The molecule has 1 N–H and O–H groups in total. The zero-order valence-electron chi connectivity index (χ0n) is 10.9. The molecule has 21 heavy (non-hydrogen) atoms. The summed E-state index contributed by atoms with van der Waals surface area (Å²) in [6, 6.07) is 3.76. The summed E-state index contributed by atoms with van der Waals surface area (Å²) < 4.78 is 45.0. The predicted molar refractivity (Wildman–Crippen MR) is 75.4 cm³/mol. The summed E-state index contributed by atoms with van der Waals surface area (Å²) in [6.45, 7) is 2.03. The van der Waals surface area contributed by atoms with Crippen molar-refractivity contribution in [2.75, 3.05) is 11.3 Å². The molecular weight excluding hydrogens is 321 g/mol. The van der Waals surface area contributed by atoms with Gasteiger partial charge in [-0.05, 0) is 30.7 Å². The molecule has 0 saturated carbocycles. The number of anilines is 1. The van der Waals surface area contributed by atoms with E-state index in [9.17, 15) is 12.8 Å². The van der Waals surface area contributed by atoms with Gasteiger partial charge in [-0.1, -0.05) is 0 Å². The van der Waals surface area contributed by atoms with Crippen molar-refractivity contribution in [3.8, 4) is 5.75 Å². The van der Waals surface area contributed by atoms with Crippen LogP contribution < -0.4 is 9.46 Å². The van der Waals surface area contributed by atoms with E-state index in [0.29, 0.717) is 6.61 Å². The molecule has 0 saturated heterocycles. The maximum atomic E-state index is 13.7. The summed E-state index contributed by atoms with van der Waals surface area (Å²) in [7, 11) is -3.91. The van der Waals surface area contributed by atoms with E-state index in [1.807, 2.05) is 0 Å². The molecule has 0 atom stereocenters. The van der Waals surface area contributed by atoms with Gasteiger partial charge in [-0.3, -0.25) is 4.72 Å². The molecule has 6 nitrogen and oxygen atoms in total. The first-order valence-electron chi connectivity index (χ1n) is 5.85. The highest BCUT2D eigenvalue weighted by molar-refractivity contribution is 7.92. The minimum Gasteiger partial charge on any atom is -0.491 e. The van der Waals surface area contributed by atoms with E-state index in [2.05, 4.69) is 14.7 Å². The second kappa shape index (κ2) is 6.23. The van der Waals surface area contributed by atoms with Gasteiger partial charge in [0.2, 0.25) is 5.28 Å². The quantitative estimate of drug-likeness (QED) is 0.851. The van der Waals surface area contributed by atoms with Crippen LogP contribution in [0.5, 0.6) is 5.75 Å². The van der Waals surface area contributed by atoms with Crippen molar-refractivity contribution in [3.63, 3.8) is 0 Å². The first-order chi connectivity index (χ1) is 9.92. The molecule has 1 aromatic carbocycles. The summed E-state index contributed by atoms with van der Waals surface area (Å²) in [4.78, 5) is 6.99. The molecule has 0 spiro atoms. The van der Waals surface area contributed by atoms with Gasteiger partial charge in [0.25, 0.3) is 10.0 Å². The highest BCUT2D eigenvalue weighted by Crippen LogP contribution is 2.23. The normalized spacial score (nSPS) is 11.2. The number of sulfonamides is 1. The lowest BCUT2D eigenvalue weighted by atomic mass is 10.3. The van der Waals surface area contributed by atoms with Gasteiger partial charge in [0, 0.05) is 6.07 Å². The van der Waals surface area contributed by atoms with Crippen molar-refractivity contribution in [3.05, 3.63) is 41.7 Å². The fraction of sp³-hybridized carbons (Fsp3) is 0.167. The third kappa shape index (κ3) is 3.79. The Bertz CT molecular complexity index is 738. The number of aromatic nitrogens is 2. The van der Waals surface area contributed by atoms with Gasteiger partial charge < -0.3 is 4.74 Å². The minimum absolute atomic E-state index is 0.0512. The van der Waals surface area contributed by atoms with Crippen LogP contribution in [0.3, 0.4) is 0 Å². The van der Waals surface area contributed by atoms with Crippen molar-refractivity contribution >= 4 is 27.3 Å². The van der Waals surface area contributed by atoms with E-state index >= 15 is 0 Å². The number of hydrogen-bond acceptors (Lipinski definition) is 5. The Hall–Kier alpha value is -1.93. The Balaban J connectivity index is 2.24. The topological polar surface area (TPSA) is 81.2 Å². The number of rotatable bonds is 5. The summed E-state index contributed by atoms with van der Waals surface area (Å²) >= 11 is 5.49. The highest BCUT2D eigenvalue weighted by atomic mass is 35.5. The summed E-state index contributed by atoms with van der Waals surface area (Å²) in [6.07, 6.45) is 2.12. The van der Waals surface area contributed by atoms with Gasteiger partial charge in [0.15, 0.2) is 11.6 Å². The number of hydrogen-bond donors (Lipinski definition) is 1. The van der Waals surface area contributed by atoms with Crippen molar-refractivity contribution in [1.29, 1.82) is 0 Å². The van der Waals surface area contributed by atoms with Crippen LogP contribution in [0, 0.1) is 5.82 Å². The van der Waals surface area contributed by atoms with E-state index < -0.39 is 15.8 Å². The number of benzene rings is 1. The van der Waals surface area contributed by atoms with Crippen LogP contribution in [0.4, 0.5) is 10.1 Å². The Morgan fingerprint density at radius 2 is 2.00 bits per heavy atom. The number of ether oxygens (including phenoxy) is 1. The maximum absolute atomic E-state index is 13.7. The Morgan fingerprint density at radius 3 is 2.57 bits per heavy atom. The minimum atomic E-state index is -3.91. The first-order valence-corrected chi connectivity index (χ1v) is 7.71. The second-order valence-electron chi connectivity index (χ2n) is 3.87. The number of nitrogens with zero attached hydrogens (tertiary/aromatic N) is 2. The summed E-state index contributed by atoms with van der Waals surface area (Å²) in [5.41, 5.74) is 0.0610. The second-order valence-corrected chi connectivity index (χ2v) is 5.89. The molecule has 0 unspecified atom stereocenters. The van der Waals surface area contributed by atoms with Crippen molar-refractivity contribution < 1.29 is 17.5 Å². The van der Waals surface area contributed by atoms with Crippen molar-refractivity contribution in [2.24, 2.45) is 0 Å². The molecule has 2 rings (SSSR count). The highest BCUT2D eigenvalue weighted by Gasteiger charge is 2.16. The van der Waals surface area contributed by atoms with Gasteiger partial charge in [-0.2, -0.15) is 0 Å². The Labute approximate surface area is 126 Å². The third-order valence-corrected chi connectivity index (χ3v) is 3.92. The molecule has 112 valence electrons.